The molecule has 0 radical (unpaired) electrons. The zero-order valence-electron chi connectivity index (χ0n) is 26.7. The van der Waals surface area contributed by atoms with E-state index in [2.05, 4.69) is 12.1 Å². The fourth-order valence-corrected chi connectivity index (χ4v) is 12.3. The highest BCUT2D eigenvalue weighted by Gasteiger charge is 2.40. The van der Waals surface area contributed by atoms with Crippen molar-refractivity contribution in [2.45, 2.75) is 51.9 Å². The van der Waals surface area contributed by atoms with E-state index >= 15 is 9.13 Å². The zero-order valence-corrected chi connectivity index (χ0v) is 28.5. The molecule has 0 amide bonds. The first-order chi connectivity index (χ1) is 22.2. The predicted octanol–water partition coefficient (Wildman–Crippen LogP) is 7.82. The Bertz CT molecular complexity index is 1750. The van der Waals surface area contributed by atoms with Gasteiger partial charge in [-0.1, -0.05) is 121 Å². The number of rotatable bonds is 10. The van der Waals surface area contributed by atoms with Gasteiger partial charge in [0.2, 0.25) is 0 Å². The molecule has 0 heterocycles. The minimum atomic E-state index is -3.34. The van der Waals surface area contributed by atoms with E-state index in [9.17, 15) is 10.5 Å². The zero-order chi connectivity index (χ0) is 32.9. The smallest absolute Gasteiger partial charge is 0.159 e. The molecule has 2 unspecified atom stereocenters. The van der Waals surface area contributed by atoms with E-state index in [4.69, 9.17) is 0 Å². The third-order valence-corrected chi connectivity index (χ3v) is 16.1. The van der Waals surface area contributed by atoms with Gasteiger partial charge in [0, 0.05) is 21.2 Å². The van der Waals surface area contributed by atoms with Crippen molar-refractivity contribution in [3.05, 3.63) is 155 Å². The molecular weight excluding hydrogens is 602 g/mol. The van der Waals surface area contributed by atoms with E-state index in [0.717, 1.165) is 33.4 Å². The van der Waals surface area contributed by atoms with Crippen LogP contribution in [-0.2, 0) is 22.0 Å². The molecule has 0 N–H and O–H groups in total. The van der Waals surface area contributed by atoms with Crippen LogP contribution in [0, 0.1) is 50.4 Å². The number of benzene rings is 5. The summed E-state index contributed by atoms with van der Waals surface area (Å²) in [5.74, 6) is 0. The molecule has 5 aromatic carbocycles. The molecule has 230 valence electrons. The molecule has 0 saturated heterocycles. The molecule has 6 heteroatoms. The van der Waals surface area contributed by atoms with Gasteiger partial charge in [0.1, 0.15) is 11.3 Å². The van der Waals surface area contributed by atoms with Crippen molar-refractivity contribution in [3.8, 4) is 12.1 Å². The van der Waals surface area contributed by atoms with Crippen LogP contribution in [0.2, 0.25) is 0 Å². The van der Waals surface area contributed by atoms with Crippen LogP contribution in [0.1, 0.15) is 33.4 Å². The van der Waals surface area contributed by atoms with Crippen molar-refractivity contribution >= 4 is 35.5 Å². The number of nitriles is 2. The molecule has 5 aromatic rings. The molecule has 5 rings (SSSR count). The molecule has 0 fully saturated rings. The Labute approximate surface area is 273 Å². The van der Waals surface area contributed by atoms with Gasteiger partial charge in [0.05, 0.1) is 12.1 Å². The highest BCUT2D eigenvalue weighted by molar-refractivity contribution is 7.80. The van der Waals surface area contributed by atoms with Crippen LogP contribution in [-0.4, -0.2) is 11.3 Å². The lowest BCUT2D eigenvalue weighted by molar-refractivity contribution is 0.581. The van der Waals surface area contributed by atoms with Gasteiger partial charge in [-0.3, -0.25) is 0 Å². The minimum Gasteiger partial charge on any atom is -0.312 e. The second-order valence-electron chi connectivity index (χ2n) is 11.8. The van der Waals surface area contributed by atoms with E-state index in [0.29, 0.717) is 34.1 Å². The summed E-state index contributed by atoms with van der Waals surface area (Å²) in [6, 6.07) is 42.3. The average molecular weight is 641 g/mol. The first-order valence-corrected chi connectivity index (χ1v) is 19.0. The molecule has 0 aliphatic rings. The molecule has 0 spiro atoms. The van der Waals surface area contributed by atoms with E-state index in [1.54, 1.807) is 0 Å². The van der Waals surface area contributed by atoms with Crippen molar-refractivity contribution in [1.29, 1.82) is 10.5 Å². The van der Waals surface area contributed by atoms with Crippen molar-refractivity contribution in [2.75, 3.05) is 0 Å². The second kappa shape index (κ2) is 13.9. The van der Waals surface area contributed by atoms with E-state index in [1.807, 2.05) is 149 Å². The standard InChI is InChI=1S/C40H38N2O2P2/c1-29-30(2)40(26-38(28-42)46(44,35-21-13-7-14-22-35)36-23-15-8-16-24-36)32(4)31(3)39(29)25-37(27-41)45(43,33-17-9-5-10-18-33)34-19-11-6-12-20-34/h5-24,37-38H,25-26H2,1-4H3. The largest absolute Gasteiger partial charge is 0.312 e. The summed E-state index contributed by atoms with van der Waals surface area (Å²) < 4.78 is 30.2. The van der Waals surface area contributed by atoms with Crippen LogP contribution in [0.4, 0.5) is 0 Å². The van der Waals surface area contributed by atoms with E-state index in [1.165, 1.54) is 0 Å². The fourth-order valence-electron chi connectivity index (χ4n) is 6.59. The third kappa shape index (κ3) is 5.93. The molecule has 46 heavy (non-hydrogen) atoms. The topological polar surface area (TPSA) is 81.7 Å². The van der Waals surface area contributed by atoms with Crippen molar-refractivity contribution < 1.29 is 9.13 Å². The first kappa shape index (κ1) is 32.9. The van der Waals surface area contributed by atoms with Gasteiger partial charge < -0.3 is 9.13 Å². The lowest BCUT2D eigenvalue weighted by Crippen LogP contribution is -2.28. The van der Waals surface area contributed by atoms with Gasteiger partial charge in [-0.25, -0.2) is 0 Å². The molecule has 0 bridgehead atoms. The van der Waals surface area contributed by atoms with Gasteiger partial charge in [0.25, 0.3) is 0 Å². The van der Waals surface area contributed by atoms with Gasteiger partial charge in [-0.2, -0.15) is 10.5 Å². The summed E-state index contributed by atoms with van der Waals surface area (Å²) in [7, 11) is -6.68. The van der Waals surface area contributed by atoms with Crippen molar-refractivity contribution in [3.63, 3.8) is 0 Å². The Hall–Kier alpha value is -4.46. The number of hydrogen-bond acceptors (Lipinski definition) is 4. The maximum absolute atomic E-state index is 15.1. The molecule has 0 aromatic heterocycles. The van der Waals surface area contributed by atoms with E-state index in [-0.39, 0.29) is 0 Å². The molecule has 0 aliphatic carbocycles. The average Bonchev–Trinajstić information content (AvgIpc) is 3.12. The monoisotopic (exact) mass is 640 g/mol. The van der Waals surface area contributed by atoms with Crippen LogP contribution < -0.4 is 21.2 Å². The van der Waals surface area contributed by atoms with Crippen LogP contribution in [0.5, 0.6) is 0 Å². The van der Waals surface area contributed by atoms with Gasteiger partial charge >= 0.3 is 0 Å². The quantitative estimate of drug-likeness (QED) is 0.146. The first-order valence-electron chi connectivity index (χ1n) is 15.5. The predicted molar refractivity (Wildman–Crippen MR) is 191 cm³/mol. The number of hydrogen-bond donors (Lipinski definition) is 0. The van der Waals surface area contributed by atoms with Gasteiger partial charge in [-0.05, 0) is 73.9 Å². The molecule has 0 saturated carbocycles. The van der Waals surface area contributed by atoms with Gasteiger partial charge in [-0.15, -0.1) is 0 Å². The SMILES string of the molecule is Cc1c(C)c(CC(C#N)P(=O)(c2ccccc2)c2ccccc2)c(C)c(C)c1CC(C#N)P(=O)(c1ccccc1)c1ccccc1. The Kier molecular flexibility index (Phi) is 9.94. The summed E-state index contributed by atoms with van der Waals surface area (Å²) >= 11 is 0. The summed E-state index contributed by atoms with van der Waals surface area (Å²) in [6.45, 7) is 8.17. The van der Waals surface area contributed by atoms with Crippen LogP contribution in [0.3, 0.4) is 0 Å². The Morgan fingerprint density at radius 3 is 0.870 bits per heavy atom. The lowest BCUT2D eigenvalue weighted by atomic mass is 9.85. The summed E-state index contributed by atoms with van der Waals surface area (Å²) in [5, 5.41) is 23.9. The minimum absolute atomic E-state index is 0.325. The Morgan fingerprint density at radius 2 is 0.674 bits per heavy atom. The Morgan fingerprint density at radius 1 is 0.457 bits per heavy atom. The highest BCUT2D eigenvalue weighted by atomic mass is 31.2. The third-order valence-electron chi connectivity index (χ3n) is 9.47. The second-order valence-corrected chi connectivity index (χ2v) is 17.8. The molecule has 4 nitrogen and oxygen atoms in total. The molecular formula is C40H38N2O2P2. The summed E-state index contributed by atoms with van der Waals surface area (Å²) in [6.07, 6.45) is 0.650. The van der Waals surface area contributed by atoms with Crippen LogP contribution in [0.25, 0.3) is 0 Å². The van der Waals surface area contributed by atoms with Crippen molar-refractivity contribution in [2.24, 2.45) is 0 Å². The normalized spacial score (nSPS) is 12.9. The number of nitrogens with zero attached hydrogens (tertiary/aromatic N) is 2. The van der Waals surface area contributed by atoms with E-state index < -0.39 is 25.6 Å². The lowest BCUT2D eigenvalue weighted by Gasteiger charge is -2.29. The summed E-state index contributed by atoms with van der Waals surface area (Å²) in [4.78, 5) is 0. The Balaban J connectivity index is 1.59. The van der Waals surface area contributed by atoms with Crippen molar-refractivity contribution in [1.82, 2.24) is 0 Å². The van der Waals surface area contributed by atoms with Crippen LogP contribution >= 0.6 is 14.3 Å². The van der Waals surface area contributed by atoms with Gasteiger partial charge in [0.15, 0.2) is 14.3 Å². The molecule has 2 atom stereocenters. The fraction of sp³-hybridized carbons (Fsp3) is 0.200. The maximum Gasteiger partial charge on any atom is 0.159 e. The van der Waals surface area contributed by atoms with Crippen LogP contribution in [0.15, 0.2) is 121 Å². The summed E-state index contributed by atoms with van der Waals surface area (Å²) in [5.41, 5.74) is 4.49. The highest BCUT2D eigenvalue weighted by Crippen LogP contribution is 2.52. The maximum atomic E-state index is 15.1. The molecule has 0 aliphatic heterocycles.